The van der Waals surface area contributed by atoms with Crippen LogP contribution in [0.25, 0.3) is 11.4 Å². The number of hydrogen-bond acceptors (Lipinski definition) is 4. The summed E-state index contributed by atoms with van der Waals surface area (Å²) < 4.78 is 0. The van der Waals surface area contributed by atoms with Gasteiger partial charge in [-0.1, -0.05) is 25.3 Å². The molecule has 0 radical (unpaired) electrons. The number of H-pyrrole nitrogens is 1. The van der Waals surface area contributed by atoms with Gasteiger partial charge in [0.25, 0.3) is 5.91 Å². The van der Waals surface area contributed by atoms with Gasteiger partial charge in [-0.3, -0.25) is 19.8 Å². The lowest BCUT2D eigenvalue weighted by Crippen LogP contribution is -2.52. The van der Waals surface area contributed by atoms with E-state index in [1.807, 2.05) is 23.1 Å². The van der Waals surface area contributed by atoms with Gasteiger partial charge in [-0.2, -0.15) is 5.10 Å². The van der Waals surface area contributed by atoms with Crippen molar-refractivity contribution in [1.29, 1.82) is 0 Å². The second-order valence-corrected chi connectivity index (χ2v) is 7.00. The number of carbonyl (C=O) groups excluding carboxylic acids is 1. The molecule has 4 rings (SSSR count). The molecular weight excluding hydrogens is 314 g/mol. The summed E-state index contributed by atoms with van der Waals surface area (Å²) in [5.74, 6) is 0.0398. The zero-order valence-corrected chi connectivity index (χ0v) is 14.5. The predicted octanol–water partition coefficient (Wildman–Crippen LogP) is 2.56. The van der Waals surface area contributed by atoms with E-state index in [1.54, 1.807) is 12.3 Å². The Balaban J connectivity index is 1.37. The standard InChI is InChI=1S/C19H25N5O/c25-19(18-14-17(21-22-18)16-8-4-5-9-20-16)24-12-10-23(11-13-24)15-6-2-1-3-7-15/h4-5,8-9,14-15H,1-3,6-7,10-13H2,(H,21,22). The highest BCUT2D eigenvalue weighted by atomic mass is 16.2. The number of aromatic nitrogens is 3. The second kappa shape index (κ2) is 7.35. The summed E-state index contributed by atoms with van der Waals surface area (Å²) in [6.07, 6.45) is 8.47. The molecule has 2 aliphatic rings. The number of nitrogens with zero attached hydrogens (tertiary/aromatic N) is 4. The van der Waals surface area contributed by atoms with E-state index in [-0.39, 0.29) is 5.91 Å². The lowest BCUT2D eigenvalue weighted by Gasteiger charge is -2.40. The molecule has 6 nitrogen and oxygen atoms in total. The second-order valence-electron chi connectivity index (χ2n) is 7.00. The number of pyridine rings is 1. The summed E-state index contributed by atoms with van der Waals surface area (Å²) in [5.41, 5.74) is 2.04. The number of piperazine rings is 1. The number of carbonyl (C=O) groups is 1. The van der Waals surface area contributed by atoms with Gasteiger partial charge in [-0.15, -0.1) is 0 Å². The summed E-state index contributed by atoms with van der Waals surface area (Å²) in [6.45, 7) is 3.57. The maximum atomic E-state index is 12.7. The number of amides is 1. The molecule has 2 fully saturated rings. The van der Waals surface area contributed by atoms with Crippen LogP contribution in [-0.4, -0.2) is 63.1 Å². The summed E-state index contributed by atoms with van der Waals surface area (Å²) in [6, 6.07) is 8.22. The molecule has 1 amide bonds. The van der Waals surface area contributed by atoms with Crippen molar-refractivity contribution in [2.45, 2.75) is 38.1 Å². The van der Waals surface area contributed by atoms with E-state index >= 15 is 0 Å². The normalized spacial score (nSPS) is 19.9. The molecular formula is C19H25N5O. The Morgan fingerprint density at radius 1 is 1.04 bits per heavy atom. The largest absolute Gasteiger partial charge is 0.335 e. The van der Waals surface area contributed by atoms with Gasteiger partial charge < -0.3 is 4.90 Å². The first-order valence-electron chi connectivity index (χ1n) is 9.31. The molecule has 0 aromatic carbocycles. The third kappa shape index (κ3) is 3.58. The minimum Gasteiger partial charge on any atom is -0.335 e. The molecule has 2 aromatic heterocycles. The van der Waals surface area contributed by atoms with Gasteiger partial charge in [-0.05, 0) is 31.0 Å². The molecule has 1 N–H and O–H groups in total. The Morgan fingerprint density at radius 3 is 2.56 bits per heavy atom. The lowest BCUT2D eigenvalue weighted by atomic mass is 9.94. The first-order chi connectivity index (χ1) is 12.3. The van der Waals surface area contributed by atoms with E-state index in [0.29, 0.717) is 11.4 Å². The zero-order valence-electron chi connectivity index (χ0n) is 14.5. The van der Waals surface area contributed by atoms with E-state index in [2.05, 4.69) is 20.1 Å². The molecule has 1 aliphatic carbocycles. The fraction of sp³-hybridized carbons (Fsp3) is 0.526. The molecule has 25 heavy (non-hydrogen) atoms. The van der Waals surface area contributed by atoms with Gasteiger partial charge in [0.1, 0.15) is 11.4 Å². The number of rotatable bonds is 3. The Labute approximate surface area is 148 Å². The van der Waals surface area contributed by atoms with Crippen molar-refractivity contribution in [3.8, 4) is 11.4 Å². The molecule has 0 spiro atoms. The van der Waals surface area contributed by atoms with Crippen molar-refractivity contribution in [3.63, 3.8) is 0 Å². The highest BCUT2D eigenvalue weighted by Gasteiger charge is 2.28. The summed E-state index contributed by atoms with van der Waals surface area (Å²) >= 11 is 0. The highest BCUT2D eigenvalue weighted by Crippen LogP contribution is 2.24. The minimum absolute atomic E-state index is 0.0398. The van der Waals surface area contributed by atoms with Crippen LogP contribution in [0.3, 0.4) is 0 Å². The lowest BCUT2D eigenvalue weighted by molar-refractivity contribution is 0.0518. The van der Waals surface area contributed by atoms with E-state index in [1.165, 1.54) is 32.1 Å². The summed E-state index contributed by atoms with van der Waals surface area (Å²) in [7, 11) is 0. The van der Waals surface area contributed by atoms with Crippen LogP contribution in [0.4, 0.5) is 0 Å². The van der Waals surface area contributed by atoms with Gasteiger partial charge in [0, 0.05) is 38.4 Å². The predicted molar refractivity (Wildman–Crippen MR) is 96.2 cm³/mol. The van der Waals surface area contributed by atoms with Crippen LogP contribution >= 0.6 is 0 Å². The summed E-state index contributed by atoms with van der Waals surface area (Å²) in [5, 5.41) is 7.13. The van der Waals surface area contributed by atoms with Crippen LogP contribution in [0.5, 0.6) is 0 Å². The third-order valence-corrected chi connectivity index (χ3v) is 5.43. The van der Waals surface area contributed by atoms with Gasteiger partial charge in [0.2, 0.25) is 0 Å². The smallest absolute Gasteiger partial charge is 0.271 e. The fourth-order valence-electron chi connectivity index (χ4n) is 3.98. The van der Waals surface area contributed by atoms with Crippen LogP contribution in [-0.2, 0) is 0 Å². The molecule has 2 aromatic rings. The van der Waals surface area contributed by atoms with Crippen molar-refractivity contribution in [1.82, 2.24) is 25.0 Å². The van der Waals surface area contributed by atoms with Gasteiger partial charge >= 0.3 is 0 Å². The van der Waals surface area contributed by atoms with Gasteiger partial charge in [-0.25, -0.2) is 0 Å². The van der Waals surface area contributed by atoms with E-state index in [9.17, 15) is 4.79 Å². The Kier molecular flexibility index (Phi) is 4.78. The van der Waals surface area contributed by atoms with Crippen LogP contribution in [0.2, 0.25) is 0 Å². The Bertz CT molecular complexity index is 700. The van der Waals surface area contributed by atoms with Crippen molar-refractivity contribution in [2.24, 2.45) is 0 Å². The van der Waals surface area contributed by atoms with Crippen molar-refractivity contribution >= 4 is 5.91 Å². The fourth-order valence-corrected chi connectivity index (χ4v) is 3.98. The number of nitrogens with one attached hydrogen (secondary N) is 1. The van der Waals surface area contributed by atoms with E-state index in [4.69, 9.17) is 0 Å². The number of aromatic amines is 1. The number of hydrogen-bond donors (Lipinski definition) is 1. The molecule has 1 aliphatic heterocycles. The molecule has 6 heteroatoms. The van der Waals surface area contributed by atoms with E-state index in [0.717, 1.165) is 37.9 Å². The van der Waals surface area contributed by atoms with Crippen LogP contribution in [0.1, 0.15) is 42.6 Å². The zero-order chi connectivity index (χ0) is 17.1. The molecule has 3 heterocycles. The quantitative estimate of drug-likeness (QED) is 0.933. The van der Waals surface area contributed by atoms with Crippen molar-refractivity contribution in [3.05, 3.63) is 36.2 Å². The topological polar surface area (TPSA) is 65.1 Å². The minimum atomic E-state index is 0.0398. The average Bonchev–Trinajstić information content (AvgIpc) is 3.19. The molecule has 0 atom stereocenters. The van der Waals surface area contributed by atoms with Crippen molar-refractivity contribution < 1.29 is 4.79 Å². The van der Waals surface area contributed by atoms with Crippen LogP contribution < -0.4 is 0 Å². The summed E-state index contributed by atoms with van der Waals surface area (Å²) in [4.78, 5) is 21.5. The molecule has 132 valence electrons. The molecule has 0 bridgehead atoms. The Morgan fingerprint density at radius 2 is 1.84 bits per heavy atom. The maximum Gasteiger partial charge on any atom is 0.271 e. The van der Waals surface area contributed by atoms with Crippen LogP contribution in [0, 0.1) is 0 Å². The first kappa shape index (κ1) is 16.3. The van der Waals surface area contributed by atoms with E-state index < -0.39 is 0 Å². The monoisotopic (exact) mass is 339 g/mol. The molecule has 1 saturated carbocycles. The highest BCUT2D eigenvalue weighted by molar-refractivity contribution is 5.93. The van der Waals surface area contributed by atoms with Crippen LogP contribution in [0.15, 0.2) is 30.5 Å². The van der Waals surface area contributed by atoms with Gasteiger partial charge in [0.15, 0.2) is 0 Å². The van der Waals surface area contributed by atoms with Gasteiger partial charge in [0.05, 0.1) is 5.69 Å². The third-order valence-electron chi connectivity index (χ3n) is 5.43. The maximum absolute atomic E-state index is 12.7. The van der Waals surface area contributed by atoms with Crippen molar-refractivity contribution in [2.75, 3.05) is 26.2 Å². The Hall–Kier alpha value is -2.21. The first-order valence-corrected chi connectivity index (χ1v) is 9.31. The SMILES string of the molecule is O=C(c1cc(-c2ccccn2)n[nH]1)N1CCN(C2CCCCC2)CC1. The molecule has 1 saturated heterocycles. The molecule has 0 unspecified atom stereocenters. The average molecular weight is 339 g/mol.